The van der Waals surface area contributed by atoms with Crippen molar-refractivity contribution < 1.29 is 14.3 Å². The summed E-state index contributed by atoms with van der Waals surface area (Å²) in [5.74, 6) is -0.687. The number of carbonyl (C=O) groups excluding carboxylic acids is 2. The summed E-state index contributed by atoms with van der Waals surface area (Å²) in [4.78, 5) is 30.5. The van der Waals surface area contributed by atoms with E-state index in [1.54, 1.807) is 17.9 Å². The third-order valence-electron chi connectivity index (χ3n) is 5.82. The summed E-state index contributed by atoms with van der Waals surface area (Å²) in [5.41, 5.74) is 3.65. The summed E-state index contributed by atoms with van der Waals surface area (Å²) in [5, 5.41) is 3.14. The number of benzene rings is 3. The average Bonchev–Trinajstić information content (AvgIpc) is 3.23. The Bertz CT molecular complexity index is 1270. The largest absolute Gasteiger partial charge is 0.448 e. The minimum atomic E-state index is -0.842. The number of nitrogens with zero attached hydrogens (tertiary/aromatic N) is 1. The van der Waals surface area contributed by atoms with Crippen LogP contribution >= 0.6 is 0 Å². The first-order valence-electron chi connectivity index (χ1n) is 10.2. The van der Waals surface area contributed by atoms with Crippen LogP contribution in [0.1, 0.15) is 28.5 Å². The number of ether oxygens (including phenoxy) is 1. The molecule has 0 aliphatic carbocycles. The van der Waals surface area contributed by atoms with Crippen LogP contribution in [0.15, 0.2) is 66.7 Å². The Morgan fingerprint density at radius 2 is 1.73 bits per heavy atom. The molecule has 1 unspecified atom stereocenters. The maximum absolute atomic E-state index is 12.9. The molecule has 30 heavy (non-hydrogen) atoms. The number of aromatic nitrogens is 1. The summed E-state index contributed by atoms with van der Waals surface area (Å²) in [6.45, 7) is 2.82. The van der Waals surface area contributed by atoms with E-state index < -0.39 is 12.1 Å². The fourth-order valence-corrected chi connectivity index (χ4v) is 4.21. The average molecular weight is 398 g/mol. The second-order valence-electron chi connectivity index (χ2n) is 7.76. The molecule has 3 aromatic carbocycles. The van der Waals surface area contributed by atoms with E-state index in [0.29, 0.717) is 18.8 Å². The molecule has 5 rings (SSSR count). The molecule has 0 saturated heterocycles. The van der Waals surface area contributed by atoms with Gasteiger partial charge in [-0.25, -0.2) is 4.79 Å². The van der Waals surface area contributed by atoms with Crippen LogP contribution in [-0.2, 0) is 22.5 Å². The van der Waals surface area contributed by atoms with Gasteiger partial charge in [0.25, 0.3) is 5.91 Å². The molecule has 1 aliphatic rings. The van der Waals surface area contributed by atoms with E-state index >= 15 is 0 Å². The number of carbonyl (C=O) groups is 2. The quantitative estimate of drug-likeness (QED) is 0.519. The molecule has 1 aromatic heterocycles. The first kappa shape index (κ1) is 18.4. The minimum absolute atomic E-state index is 0.167. The van der Waals surface area contributed by atoms with Gasteiger partial charge in [-0.3, -0.25) is 4.79 Å². The van der Waals surface area contributed by atoms with Gasteiger partial charge in [0.05, 0.1) is 0 Å². The lowest BCUT2D eigenvalue weighted by atomic mass is 9.99. The summed E-state index contributed by atoms with van der Waals surface area (Å²) in [6, 6.07) is 21.9. The highest BCUT2D eigenvalue weighted by Crippen LogP contribution is 2.26. The molecule has 0 fully saturated rings. The number of aromatic amines is 1. The number of esters is 1. The Kier molecular flexibility index (Phi) is 4.51. The number of hydrogen-bond acceptors (Lipinski definition) is 3. The van der Waals surface area contributed by atoms with Gasteiger partial charge in [-0.15, -0.1) is 0 Å². The zero-order chi connectivity index (χ0) is 20.7. The number of H-pyrrole nitrogens is 1. The highest BCUT2D eigenvalue weighted by Gasteiger charge is 2.27. The van der Waals surface area contributed by atoms with E-state index in [-0.39, 0.29) is 5.91 Å². The maximum Gasteiger partial charge on any atom is 0.355 e. The summed E-state index contributed by atoms with van der Waals surface area (Å²) in [7, 11) is 0. The van der Waals surface area contributed by atoms with Crippen molar-refractivity contribution in [1.82, 2.24) is 9.88 Å². The predicted octanol–water partition coefficient (Wildman–Crippen LogP) is 4.45. The van der Waals surface area contributed by atoms with Crippen molar-refractivity contribution in [3.05, 3.63) is 83.6 Å². The second kappa shape index (κ2) is 7.34. The predicted molar refractivity (Wildman–Crippen MR) is 116 cm³/mol. The van der Waals surface area contributed by atoms with Crippen molar-refractivity contribution in [3.8, 4) is 0 Å². The number of amides is 1. The molecular formula is C25H22N2O3. The number of fused-ring (bicyclic) bond motifs is 4. The molecule has 1 N–H and O–H groups in total. The van der Waals surface area contributed by atoms with Crippen LogP contribution in [0, 0.1) is 0 Å². The van der Waals surface area contributed by atoms with Gasteiger partial charge in [-0.1, -0.05) is 54.6 Å². The van der Waals surface area contributed by atoms with E-state index in [1.165, 1.54) is 5.56 Å². The topological polar surface area (TPSA) is 62.4 Å². The standard InChI is InChI=1S/C25H22N2O3/c1-16(24(28)27-13-12-17-6-2-3-8-19(17)15-27)30-25(29)23-14-21-20-9-5-4-7-18(20)10-11-22(21)26-23/h2-11,14,16,26H,12-13,15H2,1H3. The van der Waals surface area contributed by atoms with Crippen LogP contribution in [0.4, 0.5) is 0 Å². The van der Waals surface area contributed by atoms with Gasteiger partial charge >= 0.3 is 5.97 Å². The Balaban J connectivity index is 1.32. The van der Waals surface area contributed by atoms with E-state index in [1.807, 2.05) is 54.6 Å². The third-order valence-corrected chi connectivity index (χ3v) is 5.82. The van der Waals surface area contributed by atoms with Crippen LogP contribution in [-0.4, -0.2) is 34.4 Å². The van der Waals surface area contributed by atoms with Crippen molar-refractivity contribution in [2.75, 3.05) is 6.54 Å². The first-order chi connectivity index (χ1) is 14.6. The Morgan fingerprint density at radius 1 is 0.967 bits per heavy atom. The lowest BCUT2D eigenvalue weighted by Gasteiger charge is -2.30. The van der Waals surface area contributed by atoms with Crippen LogP contribution in [0.3, 0.4) is 0 Å². The molecule has 0 bridgehead atoms. The normalized spacial score (nSPS) is 14.5. The summed E-state index contributed by atoms with van der Waals surface area (Å²) in [6.07, 6.45) is -0.0246. The van der Waals surface area contributed by atoms with Gasteiger partial charge in [0, 0.05) is 24.0 Å². The van der Waals surface area contributed by atoms with Gasteiger partial charge in [0.15, 0.2) is 6.10 Å². The lowest BCUT2D eigenvalue weighted by Crippen LogP contribution is -2.42. The fourth-order valence-electron chi connectivity index (χ4n) is 4.21. The van der Waals surface area contributed by atoms with Crippen molar-refractivity contribution in [2.24, 2.45) is 0 Å². The number of rotatable bonds is 3. The molecule has 0 radical (unpaired) electrons. The van der Waals surface area contributed by atoms with Crippen molar-refractivity contribution in [1.29, 1.82) is 0 Å². The van der Waals surface area contributed by atoms with Crippen LogP contribution in [0.5, 0.6) is 0 Å². The van der Waals surface area contributed by atoms with Gasteiger partial charge in [-0.05, 0) is 47.4 Å². The SMILES string of the molecule is CC(OC(=O)c1cc2c(ccc3ccccc32)[nH]1)C(=O)N1CCc2ccccc2C1. The Morgan fingerprint density at radius 3 is 2.60 bits per heavy atom. The molecule has 1 aliphatic heterocycles. The van der Waals surface area contributed by atoms with Crippen molar-refractivity contribution in [3.63, 3.8) is 0 Å². The first-order valence-corrected chi connectivity index (χ1v) is 10.2. The van der Waals surface area contributed by atoms with Crippen LogP contribution in [0.25, 0.3) is 21.7 Å². The molecular weight excluding hydrogens is 376 g/mol. The third kappa shape index (κ3) is 3.22. The number of nitrogens with one attached hydrogen (secondary N) is 1. The smallest absolute Gasteiger partial charge is 0.355 e. The molecule has 0 saturated carbocycles. The van der Waals surface area contributed by atoms with Gasteiger partial charge in [-0.2, -0.15) is 0 Å². The molecule has 5 nitrogen and oxygen atoms in total. The van der Waals surface area contributed by atoms with Crippen LogP contribution < -0.4 is 0 Å². The molecule has 5 heteroatoms. The number of hydrogen-bond donors (Lipinski definition) is 1. The van der Waals surface area contributed by atoms with E-state index in [0.717, 1.165) is 33.7 Å². The summed E-state index contributed by atoms with van der Waals surface area (Å²) >= 11 is 0. The molecule has 0 spiro atoms. The highest BCUT2D eigenvalue weighted by atomic mass is 16.5. The van der Waals surface area contributed by atoms with Crippen molar-refractivity contribution in [2.45, 2.75) is 26.0 Å². The van der Waals surface area contributed by atoms with E-state index in [4.69, 9.17) is 4.74 Å². The van der Waals surface area contributed by atoms with Crippen molar-refractivity contribution >= 4 is 33.6 Å². The van der Waals surface area contributed by atoms with Gasteiger partial charge < -0.3 is 14.6 Å². The maximum atomic E-state index is 12.9. The second-order valence-corrected chi connectivity index (χ2v) is 7.76. The van der Waals surface area contributed by atoms with Gasteiger partial charge in [0.1, 0.15) is 5.69 Å². The Hall–Kier alpha value is -3.60. The van der Waals surface area contributed by atoms with E-state index in [9.17, 15) is 9.59 Å². The molecule has 4 aromatic rings. The lowest BCUT2D eigenvalue weighted by molar-refractivity contribution is -0.140. The zero-order valence-corrected chi connectivity index (χ0v) is 16.7. The summed E-state index contributed by atoms with van der Waals surface area (Å²) < 4.78 is 5.52. The monoisotopic (exact) mass is 398 g/mol. The molecule has 150 valence electrons. The van der Waals surface area contributed by atoms with Gasteiger partial charge in [0.2, 0.25) is 0 Å². The molecule has 2 heterocycles. The van der Waals surface area contributed by atoms with E-state index in [2.05, 4.69) is 11.1 Å². The Labute approximate surface area is 174 Å². The molecule has 1 amide bonds. The molecule has 1 atom stereocenters. The fraction of sp³-hybridized carbons (Fsp3) is 0.200. The van der Waals surface area contributed by atoms with Crippen LogP contribution in [0.2, 0.25) is 0 Å². The highest BCUT2D eigenvalue weighted by molar-refractivity contribution is 6.09. The zero-order valence-electron chi connectivity index (χ0n) is 16.7. The minimum Gasteiger partial charge on any atom is -0.448 e.